The van der Waals surface area contributed by atoms with E-state index in [4.69, 9.17) is 14.2 Å². The van der Waals surface area contributed by atoms with Crippen molar-refractivity contribution in [1.82, 2.24) is 5.32 Å². The summed E-state index contributed by atoms with van der Waals surface area (Å²) in [6.07, 6.45) is 92.3. The molecule has 1 fully saturated rings. The quantitative estimate of drug-likeness (QED) is 0.0195. The standard InChI is InChI=1S/C86H157NO10/c1-3-5-7-9-11-13-15-17-18-42-46-50-54-58-62-66-70-74-82(91)95-75-71-67-63-59-55-51-47-44-41-39-37-35-33-31-29-27-25-23-21-19-20-22-24-26-28-30-32-34-36-38-40-43-45-49-53-57-61-65-69-73-81(90)87-78(77-96-86-85(94)84(93)83(92)80(76-88)97-86)79(89)72-68-64-60-56-52-48-16-14-12-10-8-6-4-2/h11,13,17-20,23,25,52,56,68,72,78-80,83-86,88-89,92-94H,3-10,12,14-16,21-22,24,26-51,53-55,57-67,69-71,73-77H2,1-2H3,(H,87,90)/b13-11-,18-17-,20-19-,25-23-,56-52+,72-68+. The smallest absolute Gasteiger partial charge is 0.305 e. The molecule has 7 unspecified atom stereocenters. The fraction of sp³-hybridized carbons (Fsp3) is 0.837. The Hall–Kier alpha value is -2.90. The van der Waals surface area contributed by atoms with E-state index in [9.17, 15) is 35.1 Å². The van der Waals surface area contributed by atoms with E-state index in [2.05, 4.69) is 79.9 Å². The number of carbonyl (C=O) groups excluding carboxylic acids is 2. The van der Waals surface area contributed by atoms with Crippen molar-refractivity contribution in [2.45, 2.75) is 442 Å². The lowest BCUT2D eigenvalue weighted by Crippen LogP contribution is -2.60. The highest BCUT2D eigenvalue weighted by Gasteiger charge is 2.44. The van der Waals surface area contributed by atoms with Crippen molar-refractivity contribution in [2.75, 3.05) is 19.8 Å². The number of rotatable bonds is 74. The van der Waals surface area contributed by atoms with E-state index < -0.39 is 49.5 Å². The van der Waals surface area contributed by atoms with Crippen LogP contribution in [0.3, 0.4) is 0 Å². The van der Waals surface area contributed by atoms with Gasteiger partial charge in [-0.25, -0.2) is 0 Å². The largest absolute Gasteiger partial charge is 0.466 e. The van der Waals surface area contributed by atoms with Gasteiger partial charge in [0.05, 0.1) is 32.0 Å². The van der Waals surface area contributed by atoms with Gasteiger partial charge in [0.1, 0.15) is 24.4 Å². The van der Waals surface area contributed by atoms with Crippen molar-refractivity contribution >= 4 is 11.9 Å². The molecule has 566 valence electrons. The molecule has 7 atom stereocenters. The molecular formula is C86H157NO10. The SMILES string of the molecule is CCCCC/C=C\C/C=C\CCCCCCCCCC(=O)OCCCCCCCCCCCCCCCCC/C=C\C/C=C\CCCCCCCCCCCCCCCCCCCC(=O)NC(COC1OC(CO)C(O)C(O)C1O)C(O)/C=C/CC/C=C/CCCCCCCCC. The van der Waals surface area contributed by atoms with Crippen LogP contribution in [0, 0.1) is 0 Å². The Morgan fingerprint density at radius 3 is 1.10 bits per heavy atom. The Labute approximate surface area is 598 Å². The van der Waals surface area contributed by atoms with Crippen molar-refractivity contribution < 1.29 is 49.3 Å². The van der Waals surface area contributed by atoms with Crippen LogP contribution >= 0.6 is 0 Å². The maximum Gasteiger partial charge on any atom is 0.305 e. The fourth-order valence-corrected chi connectivity index (χ4v) is 13.0. The van der Waals surface area contributed by atoms with E-state index in [1.807, 2.05) is 6.08 Å². The van der Waals surface area contributed by atoms with E-state index in [1.54, 1.807) is 6.08 Å². The molecule has 1 aliphatic rings. The Bertz CT molecular complexity index is 1850. The minimum absolute atomic E-state index is 0.00674. The van der Waals surface area contributed by atoms with Gasteiger partial charge in [-0.1, -0.05) is 350 Å². The molecule has 1 saturated heterocycles. The predicted octanol–water partition coefficient (Wildman–Crippen LogP) is 23.0. The number of aliphatic hydroxyl groups excluding tert-OH is 5. The zero-order chi connectivity index (χ0) is 70.1. The highest BCUT2D eigenvalue weighted by molar-refractivity contribution is 5.76. The van der Waals surface area contributed by atoms with E-state index in [1.165, 1.54) is 302 Å². The van der Waals surface area contributed by atoms with Crippen LogP contribution in [-0.2, 0) is 23.8 Å². The van der Waals surface area contributed by atoms with Crippen molar-refractivity contribution in [1.29, 1.82) is 0 Å². The van der Waals surface area contributed by atoms with Crippen LogP contribution in [0.1, 0.15) is 399 Å². The Morgan fingerprint density at radius 2 is 0.701 bits per heavy atom. The van der Waals surface area contributed by atoms with E-state index in [-0.39, 0.29) is 18.5 Å². The molecule has 0 saturated carbocycles. The highest BCUT2D eigenvalue weighted by atomic mass is 16.7. The molecule has 0 spiro atoms. The first-order chi connectivity index (χ1) is 47.7. The van der Waals surface area contributed by atoms with Gasteiger partial charge in [-0.15, -0.1) is 0 Å². The molecule has 6 N–H and O–H groups in total. The van der Waals surface area contributed by atoms with Crippen LogP contribution in [0.5, 0.6) is 0 Å². The molecule has 0 aliphatic carbocycles. The van der Waals surface area contributed by atoms with Crippen LogP contribution < -0.4 is 5.32 Å². The van der Waals surface area contributed by atoms with Gasteiger partial charge in [-0.3, -0.25) is 9.59 Å². The number of esters is 1. The topological polar surface area (TPSA) is 175 Å². The average Bonchev–Trinajstić information content (AvgIpc) is 0.877. The molecular weight excluding hydrogens is 1210 g/mol. The average molecular weight is 1370 g/mol. The monoisotopic (exact) mass is 1360 g/mol. The minimum atomic E-state index is -1.58. The highest BCUT2D eigenvalue weighted by Crippen LogP contribution is 2.24. The second-order valence-electron chi connectivity index (χ2n) is 28.8. The second-order valence-corrected chi connectivity index (χ2v) is 28.8. The predicted molar refractivity (Wildman–Crippen MR) is 412 cm³/mol. The summed E-state index contributed by atoms with van der Waals surface area (Å²) in [6.45, 7) is 4.33. The van der Waals surface area contributed by atoms with Crippen LogP contribution in [0.15, 0.2) is 72.9 Å². The summed E-state index contributed by atoms with van der Waals surface area (Å²) in [4.78, 5) is 25.2. The lowest BCUT2D eigenvalue weighted by atomic mass is 9.99. The summed E-state index contributed by atoms with van der Waals surface area (Å²) in [5, 5.41) is 54.5. The van der Waals surface area contributed by atoms with Crippen LogP contribution in [0.4, 0.5) is 0 Å². The summed E-state index contributed by atoms with van der Waals surface area (Å²) in [6, 6.07) is -0.826. The van der Waals surface area contributed by atoms with Gasteiger partial charge in [0.25, 0.3) is 0 Å². The van der Waals surface area contributed by atoms with Crippen LogP contribution in [0.2, 0.25) is 0 Å². The molecule has 0 radical (unpaired) electrons. The van der Waals surface area contributed by atoms with E-state index >= 15 is 0 Å². The fourth-order valence-electron chi connectivity index (χ4n) is 13.0. The molecule has 0 bridgehead atoms. The molecule has 1 heterocycles. The maximum absolute atomic E-state index is 13.1. The molecule has 0 aromatic rings. The first-order valence-corrected chi connectivity index (χ1v) is 41.7. The summed E-state index contributed by atoms with van der Waals surface area (Å²) >= 11 is 0. The molecule has 97 heavy (non-hydrogen) atoms. The van der Waals surface area contributed by atoms with Crippen molar-refractivity contribution in [3.63, 3.8) is 0 Å². The third-order valence-corrected chi connectivity index (χ3v) is 19.5. The molecule has 11 heteroatoms. The van der Waals surface area contributed by atoms with Gasteiger partial charge in [0.15, 0.2) is 6.29 Å². The van der Waals surface area contributed by atoms with Crippen LogP contribution in [-0.4, -0.2) is 100 Å². The van der Waals surface area contributed by atoms with Crippen LogP contribution in [0.25, 0.3) is 0 Å². The Balaban J connectivity index is 1.89. The summed E-state index contributed by atoms with van der Waals surface area (Å²) in [5.41, 5.74) is 0. The number of nitrogens with one attached hydrogen (secondary N) is 1. The maximum atomic E-state index is 13.1. The molecule has 11 nitrogen and oxygen atoms in total. The van der Waals surface area contributed by atoms with Crippen molar-refractivity contribution in [2.24, 2.45) is 0 Å². The van der Waals surface area contributed by atoms with Gasteiger partial charge < -0.3 is 45.1 Å². The van der Waals surface area contributed by atoms with Crippen molar-refractivity contribution in [3.05, 3.63) is 72.9 Å². The number of ether oxygens (including phenoxy) is 3. The molecule has 1 rings (SSSR count). The van der Waals surface area contributed by atoms with Gasteiger partial charge in [0.2, 0.25) is 5.91 Å². The third kappa shape index (κ3) is 62.6. The number of carbonyl (C=O) groups is 2. The summed E-state index contributed by atoms with van der Waals surface area (Å²) in [7, 11) is 0. The molecule has 1 amide bonds. The number of hydrogen-bond donors (Lipinski definition) is 6. The third-order valence-electron chi connectivity index (χ3n) is 19.5. The first-order valence-electron chi connectivity index (χ1n) is 41.7. The van der Waals surface area contributed by atoms with E-state index in [0.717, 1.165) is 70.6 Å². The number of unbranched alkanes of at least 4 members (excludes halogenated alkanes) is 50. The second kappa shape index (κ2) is 74.3. The zero-order valence-corrected chi connectivity index (χ0v) is 63.3. The summed E-state index contributed by atoms with van der Waals surface area (Å²) < 4.78 is 16.8. The van der Waals surface area contributed by atoms with Gasteiger partial charge in [-0.2, -0.15) is 0 Å². The number of hydrogen-bond acceptors (Lipinski definition) is 10. The van der Waals surface area contributed by atoms with E-state index in [0.29, 0.717) is 19.4 Å². The van der Waals surface area contributed by atoms with Gasteiger partial charge >= 0.3 is 5.97 Å². The van der Waals surface area contributed by atoms with Gasteiger partial charge in [0, 0.05) is 12.8 Å². The number of aliphatic hydroxyl groups is 5. The lowest BCUT2D eigenvalue weighted by Gasteiger charge is -2.40. The normalized spacial score (nSPS) is 17.6. The molecule has 0 aromatic carbocycles. The molecule has 1 aliphatic heterocycles. The summed E-state index contributed by atoms with van der Waals surface area (Å²) in [5.74, 6) is -0.181. The number of allylic oxidation sites excluding steroid dienone is 11. The first kappa shape index (κ1) is 92.1. The zero-order valence-electron chi connectivity index (χ0n) is 63.3. The Kier molecular flexibility index (Phi) is 70.5. The van der Waals surface area contributed by atoms with Crippen molar-refractivity contribution in [3.8, 4) is 0 Å². The minimum Gasteiger partial charge on any atom is -0.466 e. The van der Waals surface area contributed by atoms with Gasteiger partial charge in [-0.05, 0) is 109 Å². The lowest BCUT2D eigenvalue weighted by molar-refractivity contribution is -0.302. The number of amides is 1. The molecule has 0 aromatic heterocycles. The Morgan fingerprint density at radius 1 is 0.381 bits per heavy atom.